The van der Waals surface area contributed by atoms with Crippen molar-refractivity contribution in [3.63, 3.8) is 0 Å². The van der Waals surface area contributed by atoms with Crippen molar-refractivity contribution < 1.29 is 0 Å². The molecule has 0 saturated heterocycles. The summed E-state index contributed by atoms with van der Waals surface area (Å²) in [6, 6.07) is 9.73. The number of benzene rings is 1. The molecule has 2 rings (SSSR count). The SMILES string of the molecule is CCc1ccccc1Nc1nc(N)cc(Br)n1. The van der Waals surface area contributed by atoms with Crippen LogP contribution >= 0.6 is 15.9 Å². The van der Waals surface area contributed by atoms with E-state index in [1.807, 2.05) is 18.2 Å². The molecule has 17 heavy (non-hydrogen) atoms. The van der Waals surface area contributed by atoms with Gasteiger partial charge in [-0.05, 0) is 34.0 Å². The van der Waals surface area contributed by atoms with Crippen molar-refractivity contribution in [1.29, 1.82) is 0 Å². The van der Waals surface area contributed by atoms with Gasteiger partial charge in [0.15, 0.2) is 0 Å². The van der Waals surface area contributed by atoms with Crippen LogP contribution in [0.25, 0.3) is 0 Å². The monoisotopic (exact) mass is 292 g/mol. The molecule has 0 aliphatic carbocycles. The number of rotatable bonds is 3. The molecule has 2 aromatic rings. The maximum Gasteiger partial charge on any atom is 0.230 e. The number of hydrogen-bond donors (Lipinski definition) is 2. The van der Waals surface area contributed by atoms with Crippen molar-refractivity contribution in [2.45, 2.75) is 13.3 Å². The molecule has 1 aromatic carbocycles. The summed E-state index contributed by atoms with van der Waals surface area (Å²) in [5.41, 5.74) is 7.89. The number of aryl methyl sites for hydroxylation is 1. The second kappa shape index (κ2) is 5.14. The van der Waals surface area contributed by atoms with E-state index in [0.29, 0.717) is 16.4 Å². The summed E-state index contributed by atoms with van der Waals surface area (Å²) in [4.78, 5) is 8.35. The quantitative estimate of drug-likeness (QED) is 0.853. The van der Waals surface area contributed by atoms with E-state index in [1.54, 1.807) is 6.07 Å². The van der Waals surface area contributed by atoms with Crippen LogP contribution in [0.1, 0.15) is 12.5 Å². The van der Waals surface area contributed by atoms with E-state index in [4.69, 9.17) is 5.73 Å². The van der Waals surface area contributed by atoms with Crippen molar-refractivity contribution in [3.05, 3.63) is 40.5 Å². The van der Waals surface area contributed by atoms with E-state index in [-0.39, 0.29) is 0 Å². The molecule has 0 aliphatic heterocycles. The van der Waals surface area contributed by atoms with Gasteiger partial charge in [0.2, 0.25) is 5.95 Å². The fraction of sp³-hybridized carbons (Fsp3) is 0.167. The summed E-state index contributed by atoms with van der Waals surface area (Å²) in [5, 5.41) is 3.17. The Morgan fingerprint density at radius 1 is 1.29 bits per heavy atom. The van der Waals surface area contributed by atoms with Crippen LogP contribution in [0.5, 0.6) is 0 Å². The molecule has 3 N–H and O–H groups in total. The third kappa shape index (κ3) is 2.94. The van der Waals surface area contributed by atoms with Gasteiger partial charge in [-0.2, -0.15) is 4.98 Å². The molecule has 0 unspecified atom stereocenters. The molecular formula is C12H13BrN4. The molecule has 0 fully saturated rings. The average Bonchev–Trinajstić information content (AvgIpc) is 2.28. The topological polar surface area (TPSA) is 63.8 Å². The van der Waals surface area contributed by atoms with Gasteiger partial charge in [-0.15, -0.1) is 0 Å². The molecule has 1 heterocycles. The molecule has 1 aromatic heterocycles. The molecule has 88 valence electrons. The molecule has 0 radical (unpaired) electrons. The first-order valence-electron chi connectivity index (χ1n) is 5.34. The van der Waals surface area contributed by atoms with Gasteiger partial charge in [0.1, 0.15) is 10.4 Å². The summed E-state index contributed by atoms with van der Waals surface area (Å²) >= 11 is 3.29. The van der Waals surface area contributed by atoms with Crippen molar-refractivity contribution in [2.75, 3.05) is 11.1 Å². The van der Waals surface area contributed by atoms with Gasteiger partial charge in [0.25, 0.3) is 0 Å². The van der Waals surface area contributed by atoms with Crippen LogP contribution in [-0.4, -0.2) is 9.97 Å². The highest BCUT2D eigenvalue weighted by atomic mass is 79.9. The Bertz CT molecular complexity index is 507. The lowest BCUT2D eigenvalue weighted by Gasteiger charge is -2.09. The Morgan fingerprint density at radius 2 is 2.06 bits per heavy atom. The molecule has 0 spiro atoms. The van der Waals surface area contributed by atoms with Crippen LogP contribution in [-0.2, 0) is 6.42 Å². The van der Waals surface area contributed by atoms with E-state index in [9.17, 15) is 0 Å². The molecule has 0 atom stereocenters. The lowest BCUT2D eigenvalue weighted by molar-refractivity contribution is 1.11. The molecule has 0 bridgehead atoms. The van der Waals surface area contributed by atoms with Crippen LogP contribution in [0.2, 0.25) is 0 Å². The van der Waals surface area contributed by atoms with Crippen molar-refractivity contribution in [1.82, 2.24) is 9.97 Å². The maximum absolute atomic E-state index is 5.66. The van der Waals surface area contributed by atoms with Gasteiger partial charge < -0.3 is 11.1 Å². The smallest absolute Gasteiger partial charge is 0.230 e. The highest BCUT2D eigenvalue weighted by Crippen LogP contribution is 2.20. The average molecular weight is 293 g/mol. The number of nitrogens with two attached hydrogens (primary N) is 1. The number of hydrogen-bond acceptors (Lipinski definition) is 4. The Morgan fingerprint density at radius 3 is 2.76 bits per heavy atom. The Hall–Kier alpha value is -1.62. The minimum Gasteiger partial charge on any atom is -0.383 e. The lowest BCUT2D eigenvalue weighted by Crippen LogP contribution is -2.02. The predicted molar refractivity (Wildman–Crippen MR) is 73.2 cm³/mol. The van der Waals surface area contributed by atoms with Crippen molar-refractivity contribution >= 4 is 33.4 Å². The molecular weight excluding hydrogens is 280 g/mol. The van der Waals surface area contributed by atoms with Crippen LogP contribution in [0.4, 0.5) is 17.5 Å². The highest BCUT2D eigenvalue weighted by molar-refractivity contribution is 9.10. The minimum atomic E-state index is 0.434. The van der Waals surface area contributed by atoms with E-state index in [2.05, 4.69) is 44.2 Å². The van der Waals surface area contributed by atoms with Gasteiger partial charge in [-0.1, -0.05) is 25.1 Å². The number of aromatic nitrogens is 2. The second-order valence-electron chi connectivity index (χ2n) is 3.57. The Kier molecular flexibility index (Phi) is 3.58. The Balaban J connectivity index is 2.31. The van der Waals surface area contributed by atoms with Gasteiger partial charge in [-0.3, -0.25) is 0 Å². The minimum absolute atomic E-state index is 0.434. The van der Waals surface area contributed by atoms with E-state index >= 15 is 0 Å². The first-order chi connectivity index (χ1) is 8.19. The second-order valence-corrected chi connectivity index (χ2v) is 4.39. The zero-order valence-electron chi connectivity index (χ0n) is 9.44. The third-order valence-electron chi connectivity index (χ3n) is 2.36. The van der Waals surface area contributed by atoms with Crippen LogP contribution in [0.3, 0.4) is 0 Å². The summed E-state index contributed by atoms with van der Waals surface area (Å²) in [5.74, 6) is 0.932. The van der Waals surface area contributed by atoms with E-state index in [0.717, 1.165) is 12.1 Å². The third-order valence-corrected chi connectivity index (χ3v) is 2.77. The fourth-order valence-electron chi connectivity index (χ4n) is 1.56. The Labute approximate surface area is 108 Å². The van der Waals surface area contributed by atoms with Crippen LogP contribution < -0.4 is 11.1 Å². The summed E-state index contributed by atoms with van der Waals surface area (Å²) in [6.07, 6.45) is 0.951. The van der Waals surface area contributed by atoms with Gasteiger partial charge in [-0.25, -0.2) is 4.98 Å². The number of para-hydroxylation sites is 1. The maximum atomic E-state index is 5.66. The van der Waals surface area contributed by atoms with E-state index < -0.39 is 0 Å². The van der Waals surface area contributed by atoms with Gasteiger partial charge >= 0.3 is 0 Å². The predicted octanol–water partition coefficient (Wildman–Crippen LogP) is 3.13. The highest BCUT2D eigenvalue weighted by Gasteiger charge is 2.04. The summed E-state index contributed by atoms with van der Waals surface area (Å²) in [7, 11) is 0. The van der Waals surface area contributed by atoms with Crippen molar-refractivity contribution in [2.24, 2.45) is 0 Å². The molecule has 0 aliphatic rings. The molecule has 5 heteroatoms. The first kappa shape index (κ1) is 11.9. The normalized spacial score (nSPS) is 10.2. The van der Waals surface area contributed by atoms with Gasteiger partial charge in [0.05, 0.1) is 0 Å². The largest absolute Gasteiger partial charge is 0.383 e. The first-order valence-corrected chi connectivity index (χ1v) is 6.13. The van der Waals surface area contributed by atoms with Crippen LogP contribution in [0.15, 0.2) is 34.9 Å². The van der Waals surface area contributed by atoms with Crippen LogP contribution in [0, 0.1) is 0 Å². The number of halogens is 1. The summed E-state index contributed by atoms with van der Waals surface area (Å²) in [6.45, 7) is 2.11. The molecule has 4 nitrogen and oxygen atoms in total. The zero-order valence-corrected chi connectivity index (χ0v) is 11.0. The molecule has 0 saturated carbocycles. The summed E-state index contributed by atoms with van der Waals surface area (Å²) < 4.78 is 0.668. The number of anilines is 3. The zero-order chi connectivity index (χ0) is 12.3. The number of nitrogens with zero attached hydrogens (tertiary/aromatic N) is 2. The number of nitrogen functional groups attached to an aromatic ring is 1. The van der Waals surface area contributed by atoms with Crippen molar-refractivity contribution in [3.8, 4) is 0 Å². The molecule has 0 amide bonds. The van der Waals surface area contributed by atoms with E-state index in [1.165, 1.54) is 5.56 Å². The number of nitrogens with one attached hydrogen (secondary N) is 1. The lowest BCUT2D eigenvalue weighted by atomic mass is 10.1. The van der Waals surface area contributed by atoms with Gasteiger partial charge in [0, 0.05) is 11.8 Å². The fourth-order valence-corrected chi connectivity index (χ4v) is 1.96. The standard InChI is InChI=1S/C12H13BrN4/c1-2-8-5-3-4-6-9(8)15-12-16-10(13)7-11(14)17-12/h3-7H,2H2,1H3,(H3,14,15,16,17).